The Morgan fingerprint density at radius 1 is 1.41 bits per heavy atom. The van der Waals surface area contributed by atoms with Gasteiger partial charge in [0.1, 0.15) is 5.82 Å². The monoisotopic (exact) mass is 297 g/mol. The van der Waals surface area contributed by atoms with Crippen LogP contribution >= 0.6 is 15.9 Å². The van der Waals surface area contributed by atoms with Gasteiger partial charge in [-0.3, -0.25) is 0 Å². The maximum absolute atomic E-state index is 13.4. The molecule has 0 amide bonds. The second kappa shape index (κ2) is 4.92. The topological polar surface area (TPSA) is 25.2 Å². The summed E-state index contributed by atoms with van der Waals surface area (Å²) in [5.41, 5.74) is 2.82. The van der Waals surface area contributed by atoms with Crippen LogP contribution in [-0.2, 0) is 0 Å². The molecule has 2 nitrogen and oxygen atoms in total. The first-order valence-corrected chi connectivity index (χ1v) is 6.11. The summed E-state index contributed by atoms with van der Waals surface area (Å²) in [6.45, 7) is 3.94. The van der Waals surface area contributed by atoms with Crippen molar-refractivity contribution in [2.75, 3.05) is 5.32 Å². The number of nitrogens with one attached hydrogen (secondary N) is 1. The Kier molecular flexibility index (Phi) is 3.52. The summed E-state index contributed by atoms with van der Waals surface area (Å²) in [7, 11) is 0. The molecule has 0 spiro atoms. The van der Waals surface area contributed by atoms with Crippen molar-refractivity contribution in [3.63, 3.8) is 0 Å². The van der Waals surface area contributed by atoms with Crippen molar-refractivity contribution in [3.05, 3.63) is 52.1 Å². The summed E-state index contributed by atoms with van der Waals surface area (Å²) in [6, 6.07) is 5.23. The first-order chi connectivity index (χ1) is 8.08. The highest BCUT2D eigenvalue weighted by molar-refractivity contribution is 9.10. The predicted octanol–water partition coefficient (Wildman–Crippen LogP) is 4.66. The van der Waals surface area contributed by atoms with Gasteiger partial charge < -0.3 is 9.73 Å². The molecule has 0 aliphatic rings. The van der Waals surface area contributed by atoms with Gasteiger partial charge in [-0.2, -0.15) is 0 Å². The lowest BCUT2D eigenvalue weighted by Crippen LogP contribution is -2.07. The van der Waals surface area contributed by atoms with Crippen molar-refractivity contribution >= 4 is 21.6 Å². The molecule has 90 valence electrons. The van der Waals surface area contributed by atoms with Crippen molar-refractivity contribution in [2.45, 2.75) is 19.9 Å². The lowest BCUT2D eigenvalue weighted by Gasteiger charge is -2.16. The van der Waals surface area contributed by atoms with E-state index >= 15 is 0 Å². The quantitative estimate of drug-likeness (QED) is 0.891. The van der Waals surface area contributed by atoms with Crippen molar-refractivity contribution < 1.29 is 8.81 Å². The van der Waals surface area contributed by atoms with Crippen LogP contribution < -0.4 is 5.32 Å². The third-order valence-corrected chi connectivity index (χ3v) is 3.29. The van der Waals surface area contributed by atoms with E-state index in [1.54, 1.807) is 18.6 Å². The van der Waals surface area contributed by atoms with Crippen molar-refractivity contribution in [2.24, 2.45) is 0 Å². The van der Waals surface area contributed by atoms with Crippen LogP contribution in [-0.4, -0.2) is 0 Å². The number of anilines is 1. The maximum atomic E-state index is 13.4. The first kappa shape index (κ1) is 12.2. The molecule has 1 N–H and O–H groups in total. The zero-order chi connectivity index (χ0) is 12.4. The average molecular weight is 298 g/mol. The molecule has 1 heterocycles. The predicted molar refractivity (Wildman–Crippen MR) is 69.6 cm³/mol. The van der Waals surface area contributed by atoms with Crippen LogP contribution in [0.15, 0.2) is 39.6 Å². The van der Waals surface area contributed by atoms with Gasteiger partial charge in [0, 0.05) is 11.3 Å². The lowest BCUT2D eigenvalue weighted by atomic mass is 10.1. The minimum absolute atomic E-state index is 0.0769. The van der Waals surface area contributed by atoms with E-state index in [1.807, 2.05) is 19.9 Å². The Labute approximate surface area is 108 Å². The molecule has 1 aromatic heterocycles. The van der Waals surface area contributed by atoms with Gasteiger partial charge in [-0.1, -0.05) is 0 Å². The number of furan rings is 1. The first-order valence-electron chi connectivity index (χ1n) is 5.32. The molecule has 1 atom stereocenters. The van der Waals surface area contributed by atoms with Crippen LogP contribution in [0.25, 0.3) is 0 Å². The highest BCUT2D eigenvalue weighted by Gasteiger charge is 2.10. The summed E-state index contributed by atoms with van der Waals surface area (Å²) in [4.78, 5) is 0. The van der Waals surface area contributed by atoms with Gasteiger partial charge in [0.15, 0.2) is 0 Å². The molecule has 0 aliphatic heterocycles. The van der Waals surface area contributed by atoms with E-state index in [-0.39, 0.29) is 11.9 Å². The molecule has 17 heavy (non-hydrogen) atoms. The van der Waals surface area contributed by atoms with E-state index in [9.17, 15) is 4.39 Å². The van der Waals surface area contributed by atoms with Crippen molar-refractivity contribution in [3.8, 4) is 0 Å². The summed E-state index contributed by atoms with van der Waals surface area (Å²) >= 11 is 3.17. The Bertz CT molecular complexity index is 510. The number of benzene rings is 1. The molecule has 0 fully saturated rings. The normalized spacial score (nSPS) is 12.5. The highest BCUT2D eigenvalue weighted by atomic mass is 79.9. The molecule has 0 bridgehead atoms. The van der Waals surface area contributed by atoms with Gasteiger partial charge in [0.25, 0.3) is 0 Å². The Hall–Kier alpha value is -1.29. The Morgan fingerprint density at radius 2 is 2.18 bits per heavy atom. The lowest BCUT2D eigenvalue weighted by molar-refractivity contribution is 0.562. The van der Waals surface area contributed by atoms with Gasteiger partial charge >= 0.3 is 0 Å². The van der Waals surface area contributed by atoms with E-state index in [1.165, 1.54) is 6.07 Å². The standard InChI is InChI=1S/C13H13BrFNO/c1-8-5-11(14)12(15)6-13(8)16-9(2)10-3-4-17-7-10/h3-7,9,16H,1-2H3. The summed E-state index contributed by atoms with van der Waals surface area (Å²) in [5, 5.41) is 3.26. The third kappa shape index (κ3) is 2.69. The van der Waals surface area contributed by atoms with Gasteiger partial charge in [-0.25, -0.2) is 4.39 Å². The van der Waals surface area contributed by atoms with Crippen LogP contribution in [0.5, 0.6) is 0 Å². The van der Waals surface area contributed by atoms with Crippen LogP contribution in [0.3, 0.4) is 0 Å². The van der Waals surface area contributed by atoms with Gasteiger partial charge in [-0.05, 0) is 53.5 Å². The van der Waals surface area contributed by atoms with Gasteiger partial charge in [0.05, 0.1) is 23.0 Å². The van der Waals surface area contributed by atoms with Gasteiger partial charge in [-0.15, -0.1) is 0 Å². The average Bonchev–Trinajstić information content (AvgIpc) is 2.79. The minimum Gasteiger partial charge on any atom is -0.472 e. The Morgan fingerprint density at radius 3 is 2.82 bits per heavy atom. The molecule has 4 heteroatoms. The molecule has 0 aliphatic carbocycles. The van der Waals surface area contributed by atoms with E-state index < -0.39 is 0 Å². The summed E-state index contributed by atoms with van der Waals surface area (Å²) < 4.78 is 19.0. The molecule has 0 radical (unpaired) electrons. The zero-order valence-electron chi connectivity index (χ0n) is 9.63. The maximum Gasteiger partial charge on any atom is 0.139 e. The van der Waals surface area contributed by atoms with Crippen LogP contribution in [0, 0.1) is 12.7 Å². The molecular weight excluding hydrogens is 285 g/mol. The smallest absolute Gasteiger partial charge is 0.139 e. The highest BCUT2D eigenvalue weighted by Crippen LogP contribution is 2.27. The largest absolute Gasteiger partial charge is 0.472 e. The number of hydrogen-bond donors (Lipinski definition) is 1. The number of aryl methyl sites for hydroxylation is 1. The van der Waals surface area contributed by atoms with E-state index in [0.29, 0.717) is 4.47 Å². The summed E-state index contributed by atoms with van der Waals surface area (Å²) in [6.07, 6.45) is 3.31. The van der Waals surface area contributed by atoms with Crippen molar-refractivity contribution in [1.82, 2.24) is 0 Å². The molecule has 0 saturated heterocycles. The second-order valence-corrected chi connectivity index (χ2v) is 4.86. The van der Waals surface area contributed by atoms with Crippen LogP contribution in [0.1, 0.15) is 24.1 Å². The van der Waals surface area contributed by atoms with Crippen LogP contribution in [0.2, 0.25) is 0 Å². The number of halogens is 2. The van der Waals surface area contributed by atoms with Gasteiger partial charge in [0.2, 0.25) is 0 Å². The van der Waals surface area contributed by atoms with E-state index in [0.717, 1.165) is 16.8 Å². The van der Waals surface area contributed by atoms with Crippen LogP contribution in [0.4, 0.5) is 10.1 Å². The fourth-order valence-electron chi connectivity index (χ4n) is 1.64. The minimum atomic E-state index is -0.266. The molecule has 1 unspecified atom stereocenters. The van der Waals surface area contributed by atoms with E-state index in [4.69, 9.17) is 4.42 Å². The molecule has 2 rings (SSSR count). The number of hydrogen-bond acceptors (Lipinski definition) is 2. The number of rotatable bonds is 3. The fraction of sp³-hybridized carbons (Fsp3) is 0.231. The third-order valence-electron chi connectivity index (χ3n) is 2.68. The van der Waals surface area contributed by atoms with Crippen molar-refractivity contribution in [1.29, 1.82) is 0 Å². The fourth-order valence-corrected chi connectivity index (χ4v) is 2.10. The zero-order valence-corrected chi connectivity index (χ0v) is 11.2. The SMILES string of the molecule is Cc1cc(Br)c(F)cc1NC(C)c1ccoc1. The Balaban J connectivity index is 2.22. The second-order valence-electron chi connectivity index (χ2n) is 4.00. The molecule has 2 aromatic rings. The molecule has 0 saturated carbocycles. The van der Waals surface area contributed by atoms with E-state index in [2.05, 4.69) is 21.2 Å². The summed E-state index contributed by atoms with van der Waals surface area (Å²) in [5.74, 6) is -0.266. The molecular formula is C13H13BrFNO. The molecule has 1 aromatic carbocycles.